The van der Waals surface area contributed by atoms with Gasteiger partial charge in [-0.3, -0.25) is 0 Å². The van der Waals surface area contributed by atoms with E-state index in [2.05, 4.69) is 30.0 Å². The molecule has 0 rings (SSSR count). The second kappa shape index (κ2) is 4.76. The van der Waals surface area contributed by atoms with Crippen LogP contribution in [0.15, 0.2) is 0 Å². The van der Waals surface area contributed by atoms with Crippen molar-refractivity contribution in [2.75, 3.05) is 6.16 Å². The van der Waals surface area contributed by atoms with E-state index in [0.29, 0.717) is 5.41 Å². The van der Waals surface area contributed by atoms with E-state index in [-0.39, 0.29) is 17.0 Å². The van der Waals surface area contributed by atoms with Crippen molar-refractivity contribution in [3.63, 3.8) is 0 Å². The quantitative estimate of drug-likeness (QED) is 0.569. The minimum atomic E-state index is 0. The van der Waals surface area contributed by atoms with Gasteiger partial charge in [-0.1, -0.05) is 20.8 Å². The van der Waals surface area contributed by atoms with Crippen molar-refractivity contribution < 1.29 is 0 Å². The van der Waals surface area contributed by atoms with Crippen molar-refractivity contribution in [3.05, 3.63) is 0 Å². The molecule has 0 fully saturated rings. The molecule has 0 bridgehead atoms. The van der Waals surface area contributed by atoms with Gasteiger partial charge >= 0.3 is 0 Å². The minimum Gasteiger partial charge on any atom is -0.138 e. The van der Waals surface area contributed by atoms with Gasteiger partial charge in [0.2, 0.25) is 0 Å². The van der Waals surface area contributed by atoms with E-state index < -0.39 is 0 Å². The normalized spacial score (nSPS) is 10.5. The lowest BCUT2D eigenvalue weighted by Gasteiger charge is -2.15. The number of hydrogen-bond donors (Lipinski definition) is 0. The molecule has 0 aliphatic rings. The summed E-state index contributed by atoms with van der Waals surface area (Å²) in [6, 6.07) is 0. The Morgan fingerprint density at radius 2 is 1.62 bits per heavy atom. The van der Waals surface area contributed by atoms with E-state index in [1.165, 1.54) is 12.6 Å². The van der Waals surface area contributed by atoms with Gasteiger partial charge in [0.15, 0.2) is 0 Å². The first-order valence-electron chi connectivity index (χ1n) is 2.76. The molecule has 0 aliphatic heterocycles. The average Bonchev–Trinajstić information content (AvgIpc) is 1.30. The Balaban J connectivity index is 0. The molecule has 0 saturated heterocycles. The molecule has 0 amide bonds. The van der Waals surface area contributed by atoms with Crippen molar-refractivity contribution in [2.45, 2.75) is 27.2 Å². The lowest BCUT2D eigenvalue weighted by Crippen LogP contribution is -2.04. The number of hydrogen-bond acceptors (Lipinski definition) is 0. The topological polar surface area (TPSA) is 0 Å². The molecule has 1 atom stereocenters. The molecule has 0 spiro atoms. The Morgan fingerprint density at radius 1 is 1.25 bits per heavy atom. The molecule has 0 nitrogen and oxygen atoms in total. The van der Waals surface area contributed by atoms with E-state index in [0.717, 1.165) is 0 Å². The van der Waals surface area contributed by atoms with Gasteiger partial charge in [0.05, 0.1) is 0 Å². The lowest BCUT2D eigenvalue weighted by molar-refractivity contribution is 0.401. The summed E-state index contributed by atoms with van der Waals surface area (Å²) in [5.74, 6) is 0. The van der Waals surface area contributed by atoms with Crippen LogP contribution in [-0.4, -0.2) is 6.16 Å². The Labute approximate surface area is 65.4 Å². The van der Waals surface area contributed by atoms with Gasteiger partial charge < -0.3 is 0 Å². The fourth-order valence-electron chi connectivity index (χ4n) is 0.433. The fraction of sp³-hybridized carbons (Fsp3) is 1.00. The maximum absolute atomic E-state index is 2.74. The summed E-state index contributed by atoms with van der Waals surface area (Å²) >= 11 is 0. The molecule has 1 unspecified atom stereocenters. The molecule has 0 N–H and O–H groups in total. The van der Waals surface area contributed by atoms with Crippen molar-refractivity contribution in [2.24, 2.45) is 5.41 Å². The smallest absolute Gasteiger partial charge is 0.0376 e. The lowest BCUT2D eigenvalue weighted by atomic mass is 9.94. The maximum Gasteiger partial charge on any atom is -0.0376 e. The van der Waals surface area contributed by atoms with Gasteiger partial charge in [-0.05, 0) is 18.0 Å². The molecule has 52 valence electrons. The van der Waals surface area contributed by atoms with E-state index in [4.69, 9.17) is 0 Å². The van der Waals surface area contributed by atoms with Crippen molar-refractivity contribution >= 4 is 26.2 Å². The molecule has 0 aromatic rings. The first-order valence-corrected chi connectivity index (χ1v) is 3.58. The van der Waals surface area contributed by atoms with Crippen LogP contribution in [0.5, 0.6) is 0 Å². The largest absolute Gasteiger partial charge is 0.138 e. The van der Waals surface area contributed by atoms with Crippen LogP contribution in [0.3, 0.4) is 0 Å². The van der Waals surface area contributed by atoms with Crippen LogP contribution in [-0.2, 0) is 0 Å². The van der Waals surface area contributed by atoms with Crippen LogP contribution in [0.2, 0.25) is 0 Å². The van der Waals surface area contributed by atoms with E-state index in [1.54, 1.807) is 0 Å². The van der Waals surface area contributed by atoms with Gasteiger partial charge in [-0.2, -0.15) is 0 Å². The van der Waals surface area contributed by atoms with Gasteiger partial charge in [-0.15, -0.1) is 26.2 Å². The molecule has 0 aromatic heterocycles. The second-order valence-corrected chi connectivity index (χ2v) is 3.68. The van der Waals surface area contributed by atoms with Crippen LogP contribution in [0, 0.1) is 5.41 Å². The highest BCUT2D eigenvalue weighted by Gasteiger charge is 2.06. The molecule has 0 aromatic carbocycles. The van der Waals surface area contributed by atoms with Crippen molar-refractivity contribution in [1.29, 1.82) is 0 Å². The van der Waals surface area contributed by atoms with E-state index in [1.807, 2.05) is 0 Å². The Kier molecular flexibility index (Phi) is 6.94. The van der Waals surface area contributed by atoms with Crippen LogP contribution >= 0.6 is 26.2 Å². The second-order valence-electron chi connectivity index (χ2n) is 3.10. The Bertz CT molecular complexity index is 47.0. The number of halogens is 1. The summed E-state index contributed by atoms with van der Waals surface area (Å²) < 4.78 is 0. The molecule has 2 heteroatoms. The Morgan fingerprint density at radius 3 is 1.62 bits per heavy atom. The van der Waals surface area contributed by atoms with Crippen LogP contribution in [0.4, 0.5) is 0 Å². The zero-order valence-electron chi connectivity index (χ0n) is 5.90. The van der Waals surface area contributed by atoms with E-state index >= 15 is 0 Å². The van der Waals surface area contributed by atoms with E-state index in [9.17, 15) is 0 Å². The fourth-order valence-corrected chi connectivity index (χ4v) is 1.30. The summed E-state index contributed by atoms with van der Waals surface area (Å²) in [5.41, 5.74) is 0.530. The average molecular weight is 199 g/mol. The molecule has 0 heterocycles. The maximum atomic E-state index is 2.74. The highest BCUT2D eigenvalue weighted by molar-refractivity contribution is 8.93. The zero-order valence-corrected chi connectivity index (χ0v) is 8.77. The zero-order chi connectivity index (χ0) is 5.91. The Hall–Kier alpha value is 0.910. The first-order chi connectivity index (χ1) is 3.06. The molecular weight excluding hydrogens is 183 g/mol. The summed E-state index contributed by atoms with van der Waals surface area (Å²) in [4.78, 5) is 0. The van der Waals surface area contributed by atoms with Crippen LogP contribution in [0.1, 0.15) is 27.2 Å². The summed E-state index contributed by atoms with van der Waals surface area (Å²) in [6.45, 7) is 6.78. The standard InChI is InChI=1S/C6H15P.BrH/c1-6(2,3)4-5-7;/h4-5,7H2,1-3H3;1H. The van der Waals surface area contributed by atoms with Crippen molar-refractivity contribution in [1.82, 2.24) is 0 Å². The summed E-state index contributed by atoms with van der Waals surface area (Å²) in [7, 11) is 2.74. The third-order valence-electron chi connectivity index (χ3n) is 0.894. The predicted octanol–water partition coefficient (Wildman–Crippen LogP) is 2.88. The monoisotopic (exact) mass is 198 g/mol. The summed E-state index contributed by atoms with van der Waals surface area (Å²) in [6.07, 6.45) is 2.53. The van der Waals surface area contributed by atoms with Crippen LogP contribution < -0.4 is 0 Å². The van der Waals surface area contributed by atoms with Gasteiger partial charge in [0.25, 0.3) is 0 Å². The highest BCUT2D eigenvalue weighted by atomic mass is 79.9. The van der Waals surface area contributed by atoms with Gasteiger partial charge in [0, 0.05) is 0 Å². The van der Waals surface area contributed by atoms with Crippen LogP contribution in [0.25, 0.3) is 0 Å². The third-order valence-corrected chi connectivity index (χ3v) is 1.18. The minimum absolute atomic E-state index is 0. The summed E-state index contributed by atoms with van der Waals surface area (Å²) in [5, 5.41) is 0. The third kappa shape index (κ3) is 10.0. The predicted molar refractivity (Wildman–Crippen MR) is 49.0 cm³/mol. The van der Waals surface area contributed by atoms with Gasteiger partial charge in [-0.25, -0.2) is 0 Å². The SMILES string of the molecule is Br.CC(C)(C)CCP. The molecular formula is C6H16BrP. The molecule has 0 aliphatic carbocycles. The molecule has 0 saturated carbocycles. The van der Waals surface area contributed by atoms with Gasteiger partial charge in [0.1, 0.15) is 0 Å². The highest BCUT2D eigenvalue weighted by Crippen LogP contribution is 2.18. The van der Waals surface area contributed by atoms with Crippen molar-refractivity contribution in [3.8, 4) is 0 Å². The molecule has 8 heavy (non-hydrogen) atoms. The number of rotatable bonds is 1. The molecule has 0 radical (unpaired) electrons. The first kappa shape index (κ1) is 11.7.